The third-order valence-corrected chi connectivity index (χ3v) is 5.18. The van der Waals surface area contributed by atoms with E-state index in [9.17, 15) is 0 Å². The van der Waals surface area contributed by atoms with Crippen LogP contribution in [0.4, 0.5) is 0 Å². The molecule has 0 radical (unpaired) electrons. The normalized spacial score (nSPS) is 22.5. The first-order valence-electron chi connectivity index (χ1n) is 7.90. The molecule has 0 bridgehead atoms. The lowest BCUT2D eigenvalue weighted by Crippen LogP contribution is -2.40. The average Bonchev–Trinajstić information content (AvgIpc) is 3.13. The summed E-state index contributed by atoms with van der Waals surface area (Å²) in [6.45, 7) is 7.18. The Labute approximate surface area is 132 Å². The van der Waals surface area contributed by atoms with Crippen LogP contribution in [0.25, 0.3) is 0 Å². The van der Waals surface area contributed by atoms with Gasteiger partial charge >= 0.3 is 0 Å². The molecule has 1 unspecified atom stereocenters. The Morgan fingerprint density at radius 2 is 2.29 bits per heavy atom. The van der Waals surface area contributed by atoms with Gasteiger partial charge in [0.15, 0.2) is 5.96 Å². The SMILES string of the molecule is CCCNC(=NCC1(C)CCCS1)NCCc1ccco1. The van der Waals surface area contributed by atoms with E-state index in [-0.39, 0.29) is 0 Å². The van der Waals surface area contributed by atoms with Gasteiger partial charge in [0.25, 0.3) is 0 Å². The van der Waals surface area contributed by atoms with E-state index >= 15 is 0 Å². The summed E-state index contributed by atoms with van der Waals surface area (Å²) in [7, 11) is 0. The molecule has 1 saturated heterocycles. The van der Waals surface area contributed by atoms with Crippen molar-refractivity contribution in [3.05, 3.63) is 24.2 Å². The summed E-state index contributed by atoms with van der Waals surface area (Å²) in [5, 5.41) is 6.79. The molecule has 1 aliphatic rings. The Kier molecular flexibility index (Phi) is 6.49. The van der Waals surface area contributed by atoms with Crippen LogP contribution in [0.1, 0.15) is 38.9 Å². The van der Waals surface area contributed by atoms with Gasteiger partial charge in [-0.2, -0.15) is 11.8 Å². The highest BCUT2D eigenvalue weighted by Gasteiger charge is 2.29. The zero-order valence-electron chi connectivity index (χ0n) is 13.2. The molecule has 1 fully saturated rings. The molecule has 1 aliphatic heterocycles. The molecule has 2 rings (SSSR count). The Bertz CT molecular complexity index is 425. The molecule has 1 aromatic heterocycles. The largest absolute Gasteiger partial charge is 0.469 e. The van der Waals surface area contributed by atoms with Crippen LogP contribution in [-0.2, 0) is 6.42 Å². The number of hydrogen-bond donors (Lipinski definition) is 2. The van der Waals surface area contributed by atoms with Gasteiger partial charge in [-0.1, -0.05) is 6.92 Å². The molecule has 0 spiro atoms. The van der Waals surface area contributed by atoms with Crippen molar-refractivity contribution in [2.24, 2.45) is 4.99 Å². The minimum atomic E-state index is 0.321. The molecule has 1 atom stereocenters. The Morgan fingerprint density at radius 1 is 1.43 bits per heavy atom. The number of nitrogens with one attached hydrogen (secondary N) is 2. The minimum Gasteiger partial charge on any atom is -0.469 e. The Morgan fingerprint density at radius 3 is 2.95 bits per heavy atom. The van der Waals surface area contributed by atoms with Gasteiger partial charge in [-0.15, -0.1) is 0 Å². The summed E-state index contributed by atoms with van der Waals surface area (Å²) in [4.78, 5) is 4.78. The van der Waals surface area contributed by atoms with Gasteiger partial charge in [0.1, 0.15) is 5.76 Å². The monoisotopic (exact) mass is 309 g/mol. The molecule has 5 heteroatoms. The summed E-state index contributed by atoms with van der Waals surface area (Å²) < 4.78 is 5.67. The van der Waals surface area contributed by atoms with E-state index in [1.54, 1.807) is 6.26 Å². The molecule has 0 aromatic carbocycles. The first kappa shape index (κ1) is 16.3. The van der Waals surface area contributed by atoms with E-state index in [4.69, 9.17) is 9.41 Å². The summed E-state index contributed by atoms with van der Waals surface area (Å²) in [6, 6.07) is 3.94. The van der Waals surface area contributed by atoms with Crippen LogP contribution in [-0.4, -0.2) is 36.1 Å². The van der Waals surface area contributed by atoms with Gasteiger partial charge < -0.3 is 15.1 Å². The zero-order valence-corrected chi connectivity index (χ0v) is 14.0. The van der Waals surface area contributed by atoms with Crippen molar-refractivity contribution < 1.29 is 4.42 Å². The van der Waals surface area contributed by atoms with Gasteiger partial charge in [-0.25, -0.2) is 0 Å². The molecular formula is C16H27N3OS. The molecular weight excluding hydrogens is 282 g/mol. The van der Waals surface area contributed by atoms with Gasteiger partial charge in [0, 0.05) is 24.3 Å². The van der Waals surface area contributed by atoms with Crippen molar-refractivity contribution in [2.45, 2.75) is 44.3 Å². The topological polar surface area (TPSA) is 49.6 Å². The van der Waals surface area contributed by atoms with Gasteiger partial charge in [0.05, 0.1) is 12.8 Å². The fourth-order valence-electron chi connectivity index (χ4n) is 2.38. The molecule has 2 heterocycles. The summed E-state index contributed by atoms with van der Waals surface area (Å²) in [5.74, 6) is 3.21. The first-order valence-corrected chi connectivity index (χ1v) is 8.89. The highest BCUT2D eigenvalue weighted by molar-refractivity contribution is 8.00. The number of thioether (sulfide) groups is 1. The zero-order chi connectivity index (χ0) is 15.0. The fraction of sp³-hybridized carbons (Fsp3) is 0.688. The van der Waals surface area contributed by atoms with Gasteiger partial charge in [0.2, 0.25) is 0 Å². The second kappa shape index (κ2) is 8.37. The van der Waals surface area contributed by atoms with Crippen molar-refractivity contribution in [2.75, 3.05) is 25.4 Å². The molecule has 1 aromatic rings. The van der Waals surface area contributed by atoms with E-state index in [2.05, 4.69) is 36.2 Å². The van der Waals surface area contributed by atoms with Crippen molar-refractivity contribution in [3.63, 3.8) is 0 Å². The van der Waals surface area contributed by atoms with Crippen LogP contribution in [0.2, 0.25) is 0 Å². The maximum atomic E-state index is 5.35. The second-order valence-electron chi connectivity index (χ2n) is 5.75. The van der Waals surface area contributed by atoms with Crippen LogP contribution >= 0.6 is 11.8 Å². The van der Waals surface area contributed by atoms with Crippen LogP contribution in [0.15, 0.2) is 27.8 Å². The number of nitrogens with zero attached hydrogens (tertiary/aromatic N) is 1. The minimum absolute atomic E-state index is 0.321. The van der Waals surface area contributed by atoms with Crippen LogP contribution in [0, 0.1) is 0 Å². The van der Waals surface area contributed by atoms with Crippen molar-refractivity contribution in [1.29, 1.82) is 0 Å². The standard InChI is InChI=1S/C16H27N3OS/c1-3-9-17-15(18-10-7-14-6-4-11-20-14)19-13-16(2)8-5-12-21-16/h4,6,11H,3,5,7-10,12-13H2,1-2H3,(H2,17,18,19). The van der Waals surface area contributed by atoms with Crippen molar-refractivity contribution in [1.82, 2.24) is 10.6 Å². The van der Waals surface area contributed by atoms with E-state index in [1.165, 1.54) is 18.6 Å². The third kappa shape index (κ3) is 5.65. The molecule has 0 amide bonds. The smallest absolute Gasteiger partial charge is 0.191 e. The lowest BCUT2D eigenvalue weighted by molar-refractivity contribution is 0.506. The summed E-state index contributed by atoms with van der Waals surface area (Å²) >= 11 is 2.05. The Hall–Kier alpha value is -1.10. The Balaban J connectivity index is 1.81. The summed E-state index contributed by atoms with van der Waals surface area (Å²) in [6.07, 6.45) is 6.30. The highest BCUT2D eigenvalue weighted by atomic mass is 32.2. The maximum absolute atomic E-state index is 5.35. The van der Waals surface area contributed by atoms with Gasteiger partial charge in [-0.3, -0.25) is 4.99 Å². The van der Waals surface area contributed by atoms with E-state index in [0.717, 1.165) is 44.2 Å². The fourth-order valence-corrected chi connectivity index (χ4v) is 3.61. The number of furan rings is 1. The summed E-state index contributed by atoms with van der Waals surface area (Å²) in [5.41, 5.74) is 0. The third-order valence-electron chi connectivity index (χ3n) is 3.66. The predicted molar refractivity (Wildman–Crippen MR) is 91.1 cm³/mol. The molecule has 0 aliphatic carbocycles. The number of guanidine groups is 1. The van der Waals surface area contributed by atoms with Crippen LogP contribution < -0.4 is 10.6 Å². The first-order chi connectivity index (χ1) is 10.2. The second-order valence-corrected chi connectivity index (χ2v) is 7.43. The van der Waals surface area contributed by atoms with E-state index in [1.807, 2.05) is 12.1 Å². The maximum Gasteiger partial charge on any atom is 0.191 e. The van der Waals surface area contributed by atoms with E-state index < -0.39 is 0 Å². The molecule has 4 nitrogen and oxygen atoms in total. The van der Waals surface area contributed by atoms with Crippen molar-refractivity contribution >= 4 is 17.7 Å². The predicted octanol–water partition coefficient (Wildman–Crippen LogP) is 3.05. The molecule has 118 valence electrons. The number of aliphatic imine (C=N–C) groups is 1. The van der Waals surface area contributed by atoms with Crippen molar-refractivity contribution in [3.8, 4) is 0 Å². The van der Waals surface area contributed by atoms with Gasteiger partial charge in [-0.05, 0) is 44.1 Å². The molecule has 2 N–H and O–H groups in total. The quantitative estimate of drug-likeness (QED) is 0.600. The number of rotatable bonds is 7. The average molecular weight is 309 g/mol. The van der Waals surface area contributed by atoms with Crippen LogP contribution in [0.5, 0.6) is 0 Å². The van der Waals surface area contributed by atoms with Crippen LogP contribution in [0.3, 0.4) is 0 Å². The number of hydrogen-bond acceptors (Lipinski definition) is 3. The molecule has 21 heavy (non-hydrogen) atoms. The molecule has 0 saturated carbocycles. The highest BCUT2D eigenvalue weighted by Crippen LogP contribution is 2.37. The van der Waals surface area contributed by atoms with E-state index in [0.29, 0.717) is 4.75 Å². The lowest BCUT2D eigenvalue weighted by atomic mass is 10.1. The lowest BCUT2D eigenvalue weighted by Gasteiger charge is -2.21.